The van der Waals surface area contributed by atoms with Gasteiger partial charge in [-0.2, -0.15) is 4.31 Å². The van der Waals surface area contributed by atoms with Crippen LogP contribution in [-0.2, 0) is 16.6 Å². The zero-order valence-corrected chi connectivity index (χ0v) is 17.3. The van der Waals surface area contributed by atoms with Gasteiger partial charge in [0.2, 0.25) is 10.0 Å². The van der Waals surface area contributed by atoms with Gasteiger partial charge in [-0.25, -0.2) is 8.42 Å². The molecule has 0 aliphatic heterocycles. The van der Waals surface area contributed by atoms with E-state index in [1.165, 1.54) is 4.31 Å². The van der Waals surface area contributed by atoms with Crippen molar-refractivity contribution in [1.29, 1.82) is 0 Å². The Hall–Kier alpha value is -2.96. The zero-order chi connectivity index (χ0) is 20.9. The van der Waals surface area contributed by atoms with E-state index in [0.717, 1.165) is 16.8 Å². The lowest BCUT2D eigenvalue weighted by atomic mass is 10.1. The van der Waals surface area contributed by atoms with Crippen LogP contribution >= 0.6 is 0 Å². The van der Waals surface area contributed by atoms with Crippen molar-refractivity contribution in [2.24, 2.45) is 0 Å². The molecule has 0 radical (unpaired) electrons. The van der Waals surface area contributed by atoms with Crippen molar-refractivity contribution in [3.63, 3.8) is 0 Å². The fourth-order valence-corrected chi connectivity index (χ4v) is 4.37. The standard InChI is InChI=1S/C23H24N2O3S/c1-3-25(29(27,28)22-7-5-4-6-8-22)17-19-11-13-20(14-12-19)23(26)24-21-15-9-18(2)10-16-21/h4-16H,3,17H2,1-2H3,(H,24,26). The maximum absolute atomic E-state index is 12.8. The van der Waals surface area contributed by atoms with Crippen molar-refractivity contribution in [1.82, 2.24) is 4.31 Å². The van der Waals surface area contributed by atoms with Gasteiger partial charge in [-0.3, -0.25) is 4.79 Å². The van der Waals surface area contributed by atoms with Crippen LogP contribution in [0.5, 0.6) is 0 Å². The molecule has 0 unspecified atom stereocenters. The highest BCUT2D eigenvalue weighted by Gasteiger charge is 2.22. The molecule has 0 bridgehead atoms. The average Bonchev–Trinajstić information content (AvgIpc) is 2.74. The monoisotopic (exact) mass is 408 g/mol. The summed E-state index contributed by atoms with van der Waals surface area (Å²) in [5.41, 5.74) is 3.19. The third kappa shape index (κ3) is 5.10. The van der Waals surface area contributed by atoms with Crippen molar-refractivity contribution in [3.8, 4) is 0 Å². The van der Waals surface area contributed by atoms with E-state index < -0.39 is 10.0 Å². The molecule has 0 aromatic heterocycles. The minimum Gasteiger partial charge on any atom is -0.322 e. The van der Waals surface area contributed by atoms with E-state index in [1.54, 1.807) is 54.6 Å². The van der Waals surface area contributed by atoms with E-state index >= 15 is 0 Å². The Labute approximate surface area is 172 Å². The SMILES string of the molecule is CCN(Cc1ccc(C(=O)Nc2ccc(C)cc2)cc1)S(=O)(=O)c1ccccc1. The van der Waals surface area contributed by atoms with Gasteiger partial charge < -0.3 is 5.32 Å². The van der Waals surface area contributed by atoms with Crippen molar-refractivity contribution in [3.05, 3.63) is 95.6 Å². The lowest BCUT2D eigenvalue weighted by Gasteiger charge is -2.20. The third-order valence-electron chi connectivity index (χ3n) is 4.62. The predicted molar refractivity (Wildman–Crippen MR) is 115 cm³/mol. The van der Waals surface area contributed by atoms with E-state index in [-0.39, 0.29) is 17.3 Å². The van der Waals surface area contributed by atoms with Crippen molar-refractivity contribution < 1.29 is 13.2 Å². The van der Waals surface area contributed by atoms with Gasteiger partial charge in [0.1, 0.15) is 0 Å². The minimum atomic E-state index is -3.57. The number of nitrogens with zero attached hydrogens (tertiary/aromatic N) is 1. The summed E-state index contributed by atoms with van der Waals surface area (Å²) in [5.74, 6) is -0.204. The largest absolute Gasteiger partial charge is 0.322 e. The third-order valence-corrected chi connectivity index (χ3v) is 6.55. The van der Waals surface area contributed by atoms with Gasteiger partial charge in [-0.15, -0.1) is 0 Å². The Bertz CT molecular complexity index is 1060. The van der Waals surface area contributed by atoms with E-state index in [4.69, 9.17) is 0 Å². The number of hydrogen-bond donors (Lipinski definition) is 1. The number of carbonyl (C=O) groups excluding carboxylic acids is 1. The molecule has 150 valence electrons. The lowest BCUT2D eigenvalue weighted by molar-refractivity contribution is 0.102. The minimum absolute atomic E-state index is 0.204. The molecule has 3 aromatic carbocycles. The van der Waals surface area contributed by atoms with Crippen LogP contribution in [0.4, 0.5) is 5.69 Å². The first-order valence-electron chi connectivity index (χ1n) is 9.42. The molecule has 1 amide bonds. The first-order valence-corrected chi connectivity index (χ1v) is 10.9. The summed E-state index contributed by atoms with van der Waals surface area (Å²) in [6, 6.07) is 23.0. The number of carbonyl (C=O) groups is 1. The molecule has 0 aliphatic rings. The van der Waals surface area contributed by atoms with Gasteiger partial charge in [0.15, 0.2) is 0 Å². The number of sulfonamides is 1. The molecule has 0 saturated heterocycles. The Kier molecular flexibility index (Phi) is 6.46. The van der Waals surface area contributed by atoms with Crippen LogP contribution in [0.15, 0.2) is 83.8 Å². The Morgan fingerprint density at radius 1 is 0.897 bits per heavy atom. The molecule has 6 heteroatoms. The summed E-state index contributed by atoms with van der Waals surface area (Å²) in [4.78, 5) is 12.7. The molecule has 0 spiro atoms. The maximum atomic E-state index is 12.8. The second-order valence-electron chi connectivity index (χ2n) is 6.76. The van der Waals surface area contributed by atoms with Crippen molar-refractivity contribution in [2.45, 2.75) is 25.3 Å². The zero-order valence-electron chi connectivity index (χ0n) is 16.5. The highest BCUT2D eigenvalue weighted by Crippen LogP contribution is 2.18. The van der Waals surface area contributed by atoms with Crippen molar-refractivity contribution in [2.75, 3.05) is 11.9 Å². The molecule has 1 N–H and O–H groups in total. The number of amides is 1. The number of hydrogen-bond acceptors (Lipinski definition) is 3. The molecule has 0 saturated carbocycles. The van der Waals surface area contributed by atoms with Gasteiger partial charge >= 0.3 is 0 Å². The predicted octanol–water partition coefficient (Wildman–Crippen LogP) is 4.46. The van der Waals surface area contributed by atoms with E-state index in [9.17, 15) is 13.2 Å². The Morgan fingerprint density at radius 3 is 2.10 bits per heavy atom. The average molecular weight is 409 g/mol. The number of nitrogens with one attached hydrogen (secondary N) is 1. The molecular weight excluding hydrogens is 384 g/mol. The molecule has 0 atom stereocenters. The van der Waals surface area contributed by atoms with Gasteiger partial charge in [0.05, 0.1) is 4.90 Å². The Balaban J connectivity index is 1.70. The molecule has 0 heterocycles. The van der Waals surface area contributed by atoms with Crippen LogP contribution < -0.4 is 5.32 Å². The van der Waals surface area contributed by atoms with Crippen LogP contribution in [0.1, 0.15) is 28.4 Å². The summed E-state index contributed by atoms with van der Waals surface area (Å²) in [7, 11) is -3.57. The first kappa shape index (κ1) is 20.8. The molecule has 29 heavy (non-hydrogen) atoms. The molecular formula is C23H24N2O3S. The fraction of sp³-hybridized carbons (Fsp3) is 0.174. The number of anilines is 1. The van der Waals surface area contributed by atoms with E-state index in [2.05, 4.69) is 5.32 Å². The van der Waals surface area contributed by atoms with Crippen LogP contribution in [0, 0.1) is 6.92 Å². The van der Waals surface area contributed by atoms with Gasteiger partial charge in [0.25, 0.3) is 5.91 Å². The highest BCUT2D eigenvalue weighted by atomic mass is 32.2. The summed E-state index contributed by atoms with van der Waals surface area (Å²) >= 11 is 0. The summed E-state index contributed by atoms with van der Waals surface area (Å²) in [5, 5.41) is 2.86. The Morgan fingerprint density at radius 2 is 1.52 bits per heavy atom. The number of benzene rings is 3. The van der Waals surface area contributed by atoms with Crippen LogP contribution in [0.3, 0.4) is 0 Å². The second-order valence-corrected chi connectivity index (χ2v) is 8.70. The smallest absolute Gasteiger partial charge is 0.255 e. The number of aryl methyl sites for hydroxylation is 1. The first-order chi connectivity index (χ1) is 13.9. The van der Waals surface area contributed by atoms with Crippen LogP contribution in [-0.4, -0.2) is 25.2 Å². The van der Waals surface area contributed by atoms with Gasteiger partial charge in [0, 0.05) is 24.3 Å². The fourth-order valence-electron chi connectivity index (χ4n) is 2.91. The molecule has 0 fully saturated rings. The molecule has 3 aromatic rings. The normalized spacial score (nSPS) is 11.4. The topological polar surface area (TPSA) is 66.5 Å². The highest BCUT2D eigenvalue weighted by molar-refractivity contribution is 7.89. The summed E-state index contributed by atoms with van der Waals surface area (Å²) < 4.78 is 27.1. The quantitative estimate of drug-likeness (QED) is 0.628. The van der Waals surface area contributed by atoms with E-state index in [0.29, 0.717) is 12.1 Å². The molecule has 3 rings (SSSR count). The van der Waals surface area contributed by atoms with Gasteiger partial charge in [-0.05, 0) is 48.9 Å². The van der Waals surface area contributed by atoms with Gasteiger partial charge in [-0.1, -0.05) is 55.0 Å². The lowest BCUT2D eigenvalue weighted by Crippen LogP contribution is -2.30. The molecule has 5 nitrogen and oxygen atoms in total. The maximum Gasteiger partial charge on any atom is 0.255 e. The summed E-state index contributed by atoms with van der Waals surface area (Å²) in [6.45, 7) is 4.40. The van der Waals surface area contributed by atoms with Crippen LogP contribution in [0.25, 0.3) is 0 Å². The second kappa shape index (κ2) is 9.03. The van der Waals surface area contributed by atoms with Crippen LogP contribution in [0.2, 0.25) is 0 Å². The molecule has 0 aliphatic carbocycles. The number of rotatable bonds is 7. The van der Waals surface area contributed by atoms with Crippen molar-refractivity contribution >= 4 is 21.6 Å². The summed E-state index contributed by atoms with van der Waals surface area (Å²) in [6.07, 6.45) is 0. The van der Waals surface area contributed by atoms with E-state index in [1.807, 2.05) is 38.1 Å².